The van der Waals surface area contributed by atoms with Crippen molar-refractivity contribution in [3.63, 3.8) is 0 Å². The number of carbonyl (C=O) groups excluding carboxylic acids is 2. The molecule has 2 aliphatic rings. The van der Waals surface area contributed by atoms with E-state index in [1.54, 1.807) is 0 Å². The predicted octanol–water partition coefficient (Wildman–Crippen LogP) is 4.80. The molecule has 1 aliphatic heterocycles. The number of amides is 1. The first kappa shape index (κ1) is 17.3. The number of Topliss-reactive ketones (excluding diaryl/α,β-unsaturated/α-hetero) is 1. The van der Waals surface area contributed by atoms with Crippen LogP contribution in [0.5, 0.6) is 0 Å². The van der Waals surface area contributed by atoms with E-state index in [1.165, 1.54) is 0 Å². The van der Waals surface area contributed by atoms with E-state index in [-0.39, 0.29) is 11.7 Å². The van der Waals surface area contributed by atoms with Crippen molar-refractivity contribution >= 4 is 23.3 Å². The van der Waals surface area contributed by atoms with E-state index in [4.69, 9.17) is 11.6 Å². The van der Waals surface area contributed by atoms with E-state index >= 15 is 0 Å². The summed E-state index contributed by atoms with van der Waals surface area (Å²) in [5.74, 6) is -0.785. The molecule has 1 aliphatic carbocycles. The highest BCUT2D eigenvalue weighted by Gasteiger charge is 2.53. The zero-order valence-corrected chi connectivity index (χ0v) is 15.6. The second kappa shape index (κ2) is 6.55. The zero-order chi connectivity index (χ0) is 18.3. The maximum absolute atomic E-state index is 13.2. The molecule has 0 bridgehead atoms. The largest absolute Gasteiger partial charge is 0.343 e. The van der Waals surface area contributed by atoms with Crippen LogP contribution in [0.15, 0.2) is 42.5 Å². The van der Waals surface area contributed by atoms with Crippen molar-refractivity contribution in [2.24, 2.45) is 0 Å². The molecule has 2 aromatic rings. The lowest BCUT2D eigenvalue weighted by atomic mass is 9.76. The fraction of sp³-hybridized carbons (Fsp3) is 0.364. The third kappa shape index (κ3) is 2.84. The van der Waals surface area contributed by atoms with Crippen molar-refractivity contribution in [1.82, 2.24) is 5.32 Å². The molecule has 1 saturated carbocycles. The van der Waals surface area contributed by atoms with Gasteiger partial charge in [-0.05, 0) is 60.2 Å². The summed E-state index contributed by atoms with van der Waals surface area (Å²) in [6, 6.07) is 13.6. The highest BCUT2D eigenvalue weighted by Crippen LogP contribution is 2.40. The quantitative estimate of drug-likeness (QED) is 0.775. The van der Waals surface area contributed by atoms with Crippen molar-refractivity contribution in [2.75, 3.05) is 0 Å². The summed E-state index contributed by atoms with van der Waals surface area (Å²) in [6.07, 6.45) is 4.68. The molecule has 1 N–H and O–H groups in total. The molecule has 0 aromatic heterocycles. The summed E-state index contributed by atoms with van der Waals surface area (Å²) in [5.41, 5.74) is 3.18. The second-order valence-corrected chi connectivity index (χ2v) is 7.94. The summed E-state index contributed by atoms with van der Waals surface area (Å²) in [6.45, 7) is 1.97. The van der Waals surface area contributed by atoms with Crippen molar-refractivity contribution < 1.29 is 9.59 Å². The van der Waals surface area contributed by atoms with Crippen LogP contribution in [0.1, 0.15) is 49.1 Å². The minimum atomic E-state index is -0.694. The van der Waals surface area contributed by atoms with Gasteiger partial charge in [0.15, 0.2) is 5.78 Å². The predicted molar refractivity (Wildman–Crippen MR) is 103 cm³/mol. The molecular formula is C22H22ClNO2. The Labute approximate surface area is 158 Å². The highest BCUT2D eigenvalue weighted by atomic mass is 35.5. The number of nitrogens with one attached hydrogen (secondary N) is 1. The summed E-state index contributed by atoms with van der Waals surface area (Å²) >= 11 is 5.98. The molecule has 2 aromatic carbocycles. The molecule has 3 nitrogen and oxygen atoms in total. The van der Waals surface area contributed by atoms with Gasteiger partial charge in [0, 0.05) is 5.02 Å². The molecule has 1 unspecified atom stereocenters. The van der Waals surface area contributed by atoms with Gasteiger partial charge in [0.05, 0.1) is 5.54 Å². The van der Waals surface area contributed by atoms with Gasteiger partial charge in [-0.15, -0.1) is 0 Å². The van der Waals surface area contributed by atoms with E-state index in [0.717, 1.165) is 54.4 Å². The number of hydrogen-bond acceptors (Lipinski definition) is 2. The van der Waals surface area contributed by atoms with Crippen LogP contribution in [0.4, 0.5) is 0 Å². The number of ketones is 1. The number of hydrogen-bond donors (Lipinski definition) is 1. The fourth-order valence-electron chi connectivity index (χ4n) is 4.35. The van der Waals surface area contributed by atoms with Gasteiger partial charge < -0.3 is 5.32 Å². The lowest BCUT2D eigenvalue weighted by Gasteiger charge is -2.31. The average molecular weight is 368 g/mol. The second-order valence-electron chi connectivity index (χ2n) is 7.51. The fourth-order valence-corrected chi connectivity index (χ4v) is 4.47. The van der Waals surface area contributed by atoms with Gasteiger partial charge in [-0.25, -0.2) is 0 Å². The third-order valence-corrected chi connectivity index (χ3v) is 6.09. The number of halogens is 1. The van der Waals surface area contributed by atoms with Gasteiger partial charge >= 0.3 is 0 Å². The van der Waals surface area contributed by atoms with Gasteiger partial charge in [-0.3, -0.25) is 9.59 Å². The van der Waals surface area contributed by atoms with Crippen LogP contribution in [0, 0.1) is 6.92 Å². The molecule has 1 amide bonds. The summed E-state index contributed by atoms with van der Waals surface area (Å²) < 4.78 is 0. The molecule has 1 spiro atoms. The molecular weight excluding hydrogens is 346 g/mol. The van der Waals surface area contributed by atoms with Gasteiger partial charge in [-0.2, -0.15) is 0 Å². The number of aryl methyl sites for hydroxylation is 1. The third-order valence-electron chi connectivity index (χ3n) is 5.83. The minimum Gasteiger partial charge on any atom is -0.343 e. The topological polar surface area (TPSA) is 46.2 Å². The Morgan fingerprint density at radius 2 is 1.62 bits per heavy atom. The Morgan fingerprint density at radius 1 is 0.962 bits per heavy atom. The highest BCUT2D eigenvalue weighted by molar-refractivity contribution is 6.30. The van der Waals surface area contributed by atoms with Crippen LogP contribution in [0.2, 0.25) is 5.02 Å². The number of rotatable bonds is 2. The molecule has 134 valence electrons. The van der Waals surface area contributed by atoms with Crippen molar-refractivity contribution in [3.05, 3.63) is 58.6 Å². The van der Waals surface area contributed by atoms with Crippen molar-refractivity contribution in [3.8, 4) is 11.1 Å². The Bertz CT molecular complexity index is 866. The van der Waals surface area contributed by atoms with Crippen LogP contribution >= 0.6 is 11.6 Å². The Kier molecular flexibility index (Phi) is 4.36. The SMILES string of the molecule is Cc1ccc(-c2ccc(Cl)cc2)cc1C1C(=O)NC2(CCCCC2)C1=O. The minimum absolute atomic E-state index is 0.0542. The lowest BCUT2D eigenvalue weighted by molar-refractivity contribution is -0.125. The van der Waals surface area contributed by atoms with Crippen LogP contribution in [0.25, 0.3) is 11.1 Å². The zero-order valence-electron chi connectivity index (χ0n) is 14.8. The monoisotopic (exact) mass is 367 g/mol. The van der Waals surface area contributed by atoms with Crippen molar-refractivity contribution in [1.29, 1.82) is 0 Å². The van der Waals surface area contributed by atoms with E-state index in [9.17, 15) is 9.59 Å². The van der Waals surface area contributed by atoms with Gasteiger partial charge in [-0.1, -0.05) is 55.1 Å². The van der Waals surface area contributed by atoms with Gasteiger partial charge in [0.2, 0.25) is 5.91 Å². The normalized spacial score (nSPS) is 21.8. The standard InChI is InChI=1S/C22H22ClNO2/c1-14-5-6-16(15-7-9-17(23)10-8-15)13-18(14)19-20(25)22(24-21(19)26)11-3-2-4-12-22/h5-10,13,19H,2-4,11-12H2,1H3,(H,24,26). The molecule has 26 heavy (non-hydrogen) atoms. The number of benzene rings is 2. The Balaban J connectivity index is 1.73. The van der Waals surface area contributed by atoms with Crippen LogP contribution < -0.4 is 5.32 Å². The lowest BCUT2D eigenvalue weighted by Crippen LogP contribution is -2.47. The molecule has 1 atom stereocenters. The maximum Gasteiger partial charge on any atom is 0.235 e. The van der Waals surface area contributed by atoms with E-state index in [1.807, 2.05) is 49.4 Å². The number of carbonyl (C=O) groups is 2. The van der Waals surface area contributed by atoms with E-state index in [0.29, 0.717) is 5.02 Å². The molecule has 1 heterocycles. The Morgan fingerprint density at radius 3 is 2.31 bits per heavy atom. The first-order valence-electron chi connectivity index (χ1n) is 9.23. The van der Waals surface area contributed by atoms with E-state index < -0.39 is 11.5 Å². The van der Waals surface area contributed by atoms with Crippen LogP contribution in [-0.4, -0.2) is 17.2 Å². The average Bonchev–Trinajstić information content (AvgIpc) is 2.87. The molecule has 0 radical (unpaired) electrons. The summed E-state index contributed by atoms with van der Waals surface area (Å²) in [7, 11) is 0. The summed E-state index contributed by atoms with van der Waals surface area (Å²) in [5, 5.41) is 3.74. The molecule has 2 fully saturated rings. The van der Waals surface area contributed by atoms with Crippen LogP contribution in [0.3, 0.4) is 0 Å². The Hall–Kier alpha value is -2.13. The van der Waals surface area contributed by atoms with Gasteiger partial charge in [0.25, 0.3) is 0 Å². The first-order valence-corrected chi connectivity index (χ1v) is 9.61. The smallest absolute Gasteiger partial charge is 0.235 e. The molecule has 4 rings (SSSR count). The summed E-state index contributed by atoms with van der Waals surface area (Å²) in [4.78, 5) is 26.0. The maximum atomic E-state index is 13.2. The van der Waals surface area contributed by atoms with Crippen LogP contribution in [-0.2, 0) is 9.59 Å². The molecule has 4 heteroatoms. The van der Waals surface area contributed by atoms with Gasteiger partial charge in [0.1, 0.15) is 5.92 Å². The molecule has 1 saturated heterocycles. The van der Waals surface area contributed by atoms with E-state index in [2.05, 4.69) is 5.32 Å². The first-order chi connectivity index (χ1) is 12.5. The van der Waals surface area contributed by atoms with Crippen molar-refractivity contribution in [2.45, 2.75) is 50.5 Å².